The smallest absolute Gasteiger partial charge is 0.306 e. The molecule has 1 aromatic heterocycles. The number of carbonyl (C=O) groups is 1. The van der Waals surface area contributed by atoms with Crippen LogP contribution in [0.25, 0.3) is 0 Å². The van der Waals surface area contributed by atoms with E-state index in [0.29, 0.717) is 6.04 Å². The van der Waals surface area contributed by atoms with Crippen LogP contribution >= 0.6 is 0 Å². The Kier molecular flexibility index (Phi) is 3.74. The molecule has 2 atom stereocenters. The van der Waals surface area contributed by atoms with E-state index in [1.165, 1.54) is 5.56 Å². The first kappa shape index (κ1) is 12.0. The molecule has 1 aromatic rings. The maximum Gasteiger partial charge on any atom is 0.306 e. The van der Waals surface area contributed by atoms with Crippen LogP contribution in [-0.4, -0.2) is 33.5 Å². The molecule has 0 bridgehead atoms. The van der Waals surface area contributed by atoms with E-state index in [2.05, 4.69) is 16.8 Å². The lowest BCUT2D eigenvalue weighted by Crippen LogP contribution is -2.42. The van der Waals surface area contributed by atoms with Gasteiger partial charge in [-0.2, -0.15) is 0 Å². The fourth-order valence-electron chi connectivity index (χ4n) is 2.40. The van der Waals surface area contributed by atoms with E-state index in [1.54, 1.807) is 12.4 Å². The molecule has 1 N–H and O–H groups in total. The molecule has 1 fully saturated rings. The summed E-state index contributed by atoms with van der Waals surface area (Å²) in [6, 6.07) is 4.35. The number of likely N-dealkylation sites (tertiary alicyclic amines) is 1. The minimum atomic E-state index is -0.652. The molecule has 4 nitrogen and oxygen atoms in total. The van der Waals surface area contributed by atoms with E-state index in [0.717, 1.165) is 25.9 Å². The fraction of sp³-hybridized carbons (Fsp3) is 0.538. The largest absolute Gasteiger partial charge is 0.481 e. The van der Waals surface area contributed by atoms with E-state index >= 15 is 0 Å². The van der Waals surface area contributed by atoms with Gasteiger partial charge in [-0.15, -0.1) is 0 Å². The van der Waals surface area contributed by atoms with Crippen molar-refractivity contribution in [2.75, 3.05) is 6.54 Å². The highest BCUT2D eigenvalue weighted by Crippen LogP contribution is 2.24. The summed E-state index contributed by atoms with van der Waals surface area (Å²) in [4.78, 5) is 17.3. The molecule has 1 saturated heterocycles. The van der Waals surface area contributed by atoms with Gasteiger partial charge < -0.3 is 5.11 Å². The lowest BCUT2D eigenvalue weighted by molar-refractivity contribution is -0.144. The SMILES string of the molecule is CC1CC(C(=O)O)CCN1Cc1ccncc1. The van der Waals surface area contributed by atoms with Crippen molar-refractivity contribution in [3.63, 3.8) is 0 Å². The topological polar surface area (TPSA) is 53.4 Å². The third-order valence-electron chi connectivity index (χ3n) is 3.50. The first-order valence-corrected chi connectivity index (χ1v) is 6.02. The first-order chi connectivity index (χ1) is 8.16. The molecule has 0 saturated carbocycles. The van der Waals surface area contributed by atoms with Gasteiger partial charge >= 0.3 is 5.97 Å². The number of rotatable bonds is 3. The lowest BCUT2D eigenvalue weighted by Gasteiger charge is -2.36. The number of hydrogen-bond donors (Lipinski definition) is 1. The van der Waals surface area contributed by atoms with Gasteiger partial charge in [-0.25, -0.2) is 0 Å². The summed E-state index contributed by atoms with van der Waals surface area (Å²) in [6.45, 7) is 3.85. The Bertz CT molecular complexity index is 380. The second kappa shape index (κ2) is 5.27. The minimum Gasteiger partial charge on any atom is -0.481 e. The molecule has 4 heteroatoms. The van der Waals surface area contributed by atoms with Crippen molar-refractivity contribution < 1.29 is 9.90 Å². The van der Waals surface area contributed by atoms with Crippen molar-refractivity contribution in [3.8, 4) is 0 Å². The van der Waals surface area contributed by atoms with Crippen LogP contribution < -0.4 is 0 Å². The van der Waals surface area contributed by atoms with Crippen molar-refractivity contribution in [2.24, 2.45) is 5.92 Å². The number of aromatic nitrogens is 1. The molecule has 2 unspecified atom stereocenters. The second-order valence-corrected chi connectivity index (χ2v) is 4.73. The zero-order valence-electron chi connectivity index (χ0n) is 10.0. The van der Waals surface area contributed by atoms with Crippen LogP contribution in [0, 0.1) is 5.92 Å². The Hall–Kier alpha value is -1.42. The predicted molar refractivity (Wildman–Crippen MR) is 64.5 cm³/mol. The second-order valence-electron chi connectivity index (χ2n) is 4.73. The summed E-state index contributed by atoms with van der Waals surface area (Å²) in [7, 11) is 0. The third-order valence-corrected chi connectivity index (χ3v) is 3.50. The quantitative estimate of drug-likeness (QED) is 0.866. The number of pyridine rings is 1. The van der Waals surface area contributed by atoms with Crippen LogP contribution in [0.4, 0.5) is 0 Å². The zero-order valence-corrected chi connectivity index (χ0v) is 10.0. The molecule has 0 spiro atoms. The summed E-state index contributed by atoms with van der Waals surface area (Å²) in [5, 5.41) is 9.01. The van der Waals surface area contributed by atoms with Gasteiger partial charge in [0.05, 0.1) is 5.92 Å². The molecule has 0 aliphatic carbocycles. The molecular weight excluding hydrogens is 216 g/mol. The molecule has 1 aliphatic heterocycles. The molecule has 0 aromatic carbocycles. The van der Waals surface area contributed by atoms with E-state index in [9.17, 15) is 4.79 Å². The van der Waals surface area contributed by atoms with Gasteiger partial charge in [0.25, 0.3) is 0 Å². The highest BCUT2D eigenvalue weighted by atomic mass is 16.4. The van der Waals surface area contributed by atoms with Gasteiger partial charge in [-0.1, -0.05) is 0 Å². The summed E-state index contributed by atoms with van der Waals surface area (Å²) in [6.07, 6.45) is 5.10. The lowest BCUT2D eigenvalue weighted by atomic mass is 9.91. The van der Waals surface area contributed by atoms with Gasteiger partial charge in [0.1, 0.15) is 0 Å². The van der Waals surface area contributed by atoms with Crippen molar-refractivity contribution in [1.29, 1.82) is 0 Å². The van der Waals surface area contributed by atoms with Crippen LogP contribution in [0.3, 0.4) is 0 Å². The van der Waals surface area contributed by atoms with Gasteiger partial charge in [0.2, 0.25) is 0 Å². The molecule has 0 amide bonds. The predicted octanol–water partition coefficient (Wildman–Crippen LogP) is 1.77. The van der Waals surface area contributed by atoms with E-state index in [-0.39, 0.29) is 5.92 Å². The van der Waals surface area contributed by atoms with Crippen LogP contribution in [-0.2, 0) is 11.3 Å². The molecular formula is C13H18N2O2. The van der Waals surface area contributed by atoms with Crippen molar-refractivity contribution in [1.82, 2.24) is 9.88 Å². The van der Waals surface area contributed by atoms with Gasteiger partial charge in [-0.05, 0) is 44.0 Å². The van der Waals surface area contributed by atoms with E-state index in [4.69, 9.17) is 5.11 Å². The normalized spacial score (nSPS) is 25.7. The number of carboxylic acids is 1. The number of nitrogens with zero attached hydrogens (tertiary/aromatic N) is 2. The molecule has 2 rings (SSSR count). The molecule has 2 heterocycles. The molecule has 17 heavy (non-hydrogen) atoms. The number of carboxylic acid groups (broad SMARTS) is 1. The molecule has 92 valence electrons. The highest BCUT2D eigenvalue weighted by molar-refractivity contribution is 5.70. The molecule has 0 radical (unpaired) electrons. The Morgan fingerprint density at radius 2 is 2.24 bits per heavy atom. The number of aliphatic carboxylic acids is 1. The average molecular weight is 234 g/mol. The van der Waals surface area contributed by atoms with Crippen LogP contribution in [0.5, 0.6) is 0 Å². The maximum absolute atomic E-state index is 10.9. The van der Waals surface area contributed by atoms with E-state index < -0.39 is 5.97 Å². The fourth-order valence-corrected chi connectivity index (χ4v) is 2.40. The van der Waals surface area contributed by atoms with Crippen LogP contribution in [0.1, 0.15) is 25.3 Å². The Balaban J connectivity index is 1.94. The van der Waals surface area contributed by atoms with Gasteiger partial charge in [-0.3, -0.25) is 14.7 Å². The standard InChI is InChI=1S/C13H18N2O2/c1-10-8-12(13(16)17)4-7-15(10)9-11-2-5-14-6-3-11/h2-3,5-6,10,12H,4,7-9H2,1H3,(H,16,17). The summed E-state index contributed by atoms with van der Waals surface area (Å²) in [5.74, 6) is -0.820. The monoisotopic (exact) mass is 234 g/mol. The zero-order chi connectivity index (χ0) is 12.3. The first-order valence-electron chi connectivity index (χ1n) is 6.02. The highest BCUT2D eigenvalue weighted by Gasteiger charge is 2.29. The Morgan fingerprint density at radius 3 is 2.82 bits per heavy atom. The van der Waals surface area contributed by atoms with Crippen LogP contribution in [0.15, 0.2) is 24.5 Å². The van der Waals surface area contributed by atoms with Crippen molar-refractivity contribution in [3.05, 3.63) is 30.1 Å². The summed E-state index contributed by atoms with van der Waals surface area (Å²) in [5.41, 5.74) is 1.24. The Labute approximate surface area is 101 Å². The Morgan fingerprint density at radius 1 is 1.53 bits per heavy atom. The number of piperidine rings is 1. The average Bonchev–Trinajstić information content (AvgIpc) is 2.33. The summed E-state index contributed by atoms with van der Waals surface area (Å²) < 4.78 is 0. The van der Waals surface area contributed by atoms with Crippen LogP contribution in [0.2, 0.25) is 0 Å². The van der Waals surface area contributed by atoms with Gasteiger partial charge in [0.15, 0.2) is 0 Å². The van der Waals surface area contributed by atoms with E-state index in [1.807, 2.05) is 12.1 Å². The third kappa shape index (κ3) is 3.03. The maximum atomic E-state index is 10.9. The minimum absolute atomic E-state index is 0.168. The molecule has 1 aliphatic rings. The van der Waals surface area contributed by atoms with Crippen molar-refractivity contribution >= 4 is 5.97 Å². The van der Waals surface area contributed by atoms with Gasteiger partial charge in [0, 0.05) is 25.0 Å². The van der Waals surface area contributed by atoms with Crippen molar-refractivity contribution in [2.45, 2.75) is 32.4 Å². The summed E-state index contributed by atoms with van der Waals surface area (Å²) >= 11 is 0. The number of hydrogen-bond acceptors (Lipinski definition) is 3.